The van der Waals surface area contributed by atoms with E-state index in [1.54, 1.807) is 24.0 Å². The van der Waals surface area contributed by atoms with E-state index >= 15 is 0 Å². The summed E-state index contributed by atoms with van der Waals surface area (Å²) in [6, 6.07) is 5.56. The number of carbonyl (C=O) groups excluding carboxylic acids is 2. The third-order valence-corrected chi connectivity index (χ3v) is 7.26. The van der Waals surface area contributed by atoms with Crippen LogP contribution < -0.4 is 9.64 Å². The van der Waals surface area contributed by atoms with Crippen LogP contribution in [-0.2, 0) is 19.6 Å². The summed E-state index contributed by atoms with van der Waals surface area (Å²) < 4.78 is 30.2. The average molecular weight is 424 g/mol. The molecule has 2 aliphatic rings. The van der Waals surface area contributed by atoms with Gasteiger partial charge in [0.05, 0.1) is 25.0 Å². The minimum Gasteiger partial charge on any atom is -0.495 e. The fourth-order valence-electron chi connectivity index (χ4n) is 4.10. The molecule has 8 nitrogen and oxygen atoms in total. The van der Waals surface area contributed by atoms with E-state index in [9.17, 15) is 18.0 Å². The van der Waals surface area contributed by atoms with Crippen LogP contribution >= 0.6 is 0 Å². The van der Waals surface area contributed by atoms with Crippen molar-refractivity contribution >= 4 is 27.5 Å². The van der Waals surface area contributed by atoms with Gasteiger partial charge in [-0.05, 0) is 37.5 Å². The van der Waals surface area contributed by atoms with Crippen molar-refractivity contribution in [3.8, 4) is 5.75 Å². The molecule has 1 atom stereocenters. The third-order valence-electron chi connectivity index (χ3n) is 5.91. The highest BCUT2D eigenvalue weighted by molar-refractivity contribution is 7.88. The molecule has 0 bridgehead atoms. The summed E-state index contributed by atoms with van der Waals surface area (Å²) in [5.41, 5.74) is 1.71. The van der Waals surface area contributed by atoms with Gasteiger partial charge in [-0.25, -0.2) is 12.7 Å². The van der Waals surface area contributed by atoms with Crippen LogP contribution in [0.3, 0.4) is 0 Å². The molecule has 0 aliphatic carbocycles. The topological polar surface area (TPSA) is 87.2 Å². The molecule has 0 spiro atoms. The summed E-state index contributed by atoms with van der Waals surface area (Å²) >= 11 is 0. The van der Waals surface area contributed by atoms with E-state index < -0.39 is 15.9 Å². The van der Waals surface area contributed by atoms with Crippen molar-refractivity contribution in [2.24, 2.45) is 5.92 Å². The molecule has 1 aromatic rings. The van der Waals surface area contributed by atoms with Crippen molar-refractivity contribution in [1.29, 1.82) is 0 Å². The number of methoxy groups -OCH3 is 1. The minimum absolute atomic E-state index is 0.0343. The zero-order chi connectivity index (χ0) is 21.3. The first-order valence-electron chi connectivity index (χ1n) is 9.78. The van der Waals surface area contributed by atoms with Gasteiger partial charge in [-0.2, -0.15) is 0 Å². The number of nitrogens with zero attached hydrogens (tertiary/aromatic N) is 3. The Morgan fingerprint density at radius 1 is 1.24 bits per heavy atom. The number of likely N-dealkylation sites (tertiary alicyclic amines) is 1. The highest BCUT2D eigenvalue weighted by atomic mass is 32.2. The van der Waals surface area contributed by atoms with E-state index in [4.69, 9.17) is 4.74 Å². The standard InChI is InChI=1S/C20H29N3O5S/c1-14-5-6-18(28-3)17(11-14)23-13-15(12-19(23)24)20(25)22-9-7-16(8-10-22)21(2)29(4,26)27/h5-6,11,15-16H,7-10,12-13H2,1-4H3. The Morgan fingerprint density at radius 3 is 2.48 bits per heavy atom. The van der Waals surface area contributed by atoms with Crippen LogP contribution in [0.4, 0.5) is 5.69 Å². The first-order chi connectivity index (χ1) is 13.6. The van der Waals surface area contributed by atoms with Gasteiger partial charge in [0, 0.05) is 39.1 Å². The monoisotopic (exact) mass is 423 g/mol. The van der Waals surface area contributed by atoms with Crippen LogP contribution in [0, 0.1) is 12.8 Å². The van der Waals surface area contributed by atoms with Gasteiger partial charge in [0.2, 0.25) is 21.8 Å². The fourth-order valence-corrected chi connectivity index (χ4v) is 4.85. The molecular weight excluding hydrogens is 394 g/mol. The lowest BCUT2D eigenvalue weighted by Crippen LogP contribution is -2.48. The summed E-state index contributed by atoms with van der Waals surface area (Å²) in [7, 11) is -0.0965. The molecule has 2 amide bonds. The lowest BCUT2D eigenvalue weighted by atomic mass is 10.0. The summed E-state index contributed by atoms with van der Waals surface area (Å²) in [4.78, 5) is 29.0. The number of ether oxygens (including phenoxy) is 1. The zero-order valence-electron chi connectivity index (χ0n) is 17.4. The molecule has 0 N–H and O–H groups in total. The second kappa shape index (κ2) is 8.31. The van der Waals surface area contributed by atoms with Crippen LogP contribution in [0.2, 0.25) is 0 Å². The van der Waals surface area contributed by atoms with Gasteiger partial charge < -0.3 is 14.5 Å². The number of aryl methyl sites for hydroxylation is 1. The highest BCUT2D eigenvalue weighted by Gasteiger charge is 2.39. The zero-order valence-corrected chi connectivity index (χ0v) is 18.2. The van der Waals surface area contributed by atoms with Gasteiger partial charge in [-0.1, -0.05) is 6.07 Å². The summed E-state index contributed by atoms with van der Waals surface area (Å²) in [6.45, 7) is 3.29. The first-order valence-corrected chi connectivity index (χ1v) is 11.6. The SMILES string of the molecule is COc1ccc(C)cc1N1CC(C(=O)N2CCC(N(C)S(C)(=O)=O)CC2)CC1=O. The molecule has 2 aliphatic heterocycles. The summed E-state index contributed by atoms with van der Waals surface area (Å²) in [6.07, 6.45) is 2.58. The molecular formula is C20H29N3O5S. The summed E-state index contributed by atoms with van der Waals surface area (Å²) in [5.74, 6) is 0.102. The third kappa shape index (κ3) is 4.56. The maximum Gasteiger partial charge on any atom is 0.228 e. The number of benzene rings is 1. The van der Waals surface area contributed by atoms with Gasteiger partial charge in [0.25, 0.3) is 0 Å². The van der Waals surface area contributed by atoms with Crippen molar-refractivity contribution in [3.63, 3.8) is 0 Å². The number of anilines is 1. The average Bonchev–Trinajstić information content (AvgIpc) is 3.07. The van der Waals surface area contributed by atoms with Crippen molar-refractivity contribution in [3.05, 3.63) is 23.8 Å². The van der Waals surface area contributed by atoms with Crippen molar-refractivity contribution in [2.75, 3.05) is 44.9 Å². The van der Waals surface area contributed by atoms with Crippen LogP contribution in [0.15, 0.2) is 18.2 Å². The summed E-state index contributed by atoms with van der Waals surface area (Å²) in [5, 5.41) is 0. The van der Waals surface area contributed by atoms with Crippen LogP contribution in [0.5, 0.6) is 5.75 Å². The quantitative estimate of drug-likeness (QED) is 0.711. The van der Waals surface area contributed by atoms with Gasteiger partial charge in [0.15, 0.2) is 0 Å². The lowest BCUT2D eigenvalue weighted by Gasteiger charge is -2.36. The highest BCUT2D eigenvalue weighted by Crippen LogP contribution is 2.34. The number of rotatable bonds is 5. The van der Waals surface area contributed by atoms with Crippen LogP contribution in [-0.4, -0.2) is 75.5 Å². The van der Waals surface area contributed by atoms with Gasteiger partial charge in [0.1, 0.15) is 5.75 Å². The Hall–Kier alpha value is -2.13. The molecule has 0 radical (unpaired) electrons. The lowest BCUT2D eigenvalue weighted by molar-refractivity contribution is -0.137. The van der Waals surface area contributed by atoms with E-state index in [1.165, 1.54) is 10.6 Å². The molecule has 1 unspecified atom stereocenters. The fraction of sp³-hybridized carbons (Fsp3) is 0.600. The predicted molar refractivity (Wildman–Crippen MR) is 110 cm³/mol. The van der Waals surface area contributed by atoms with Gasteiger partial charge in [-0.3, -0.25) is 9.59 Å². The van der Waals surface area contributed by atoms with Crippen molar-refractivity contribution in [1.82, 2.24) is 9.21 Å². The van der Waals surface area contributed by atoms with E-state index in [2.05, 4.69) is 0 Å². The number of carbonyl (C=O) groups is 2. The Balaban J connectivity index is 1.65. The number of hydrogen-bond acceptors (Lipinski definition) is 5. The number of piperidine rings is 1. The Kier molecular flexibility index (Phi) is 6.19. The molecule has 2 fully saturated rings. The van der Waals surface area contributed by atoms with E-state index in [-0.39, 0.29) is 24.3 Å². The smallest absolute Gasteiger partial charge is 0.228 e. The van der Waals surface area contributed by atoms with Crippen molar-refractivity contribution in [2.45, 2.75) is 32.2 Å². The number of amides is 2. The predicted octanol–water partition coefficient (Wildman–Crippen LogP) is 1.24. The Labute approximate surface area is 172 Å². The molecule has 160 valence electrons. The van der Waals surface area contributed by atoms with Crippen LogP contribution in [0.25, 0.3) is 0 Å². The molecule has 2 heterocycles. The second-order valence-corrected chi connectivity index (χ2v) is 9.96. The Morgan fingerprint density at radius 2 is 1.90 bits per heavy atom. The molecule has 0 saturated carbocycles. The normalized spacial score (nSPS) is 21.1. The number of hydrogen-bond donors (Lipinski definition) is 0. The van der Waals surface area contributed by atoms with Gasteiger partial charge in [-0.15, -0.1) is 0 Å². The van der Waals surface area contributed by atoms with Crippen molar-refractivity contribution < 1.29 is 22.7 Å². The Bertz CT molecular complexity index is 893. The van der Waals surface area contributed by atoms with Gasteiger partial charge >= 0.3 is 0 Å². The maximum atomic E-state index is 13.0. The molecule has 0 aromatic heterocycles. The first kappa shape index (κ1) is 21.6. The van der Waals surface area contributed by atoms with E-state index in [0.29, 0.717) is 43.9 Å². The largest absolute Gasteiger partial charge is 0.495 e. The molecule has 9 heteroatoms. The van der Waals surface area contributed by atoms with Crippen LogP contribution in [0.1, 0.15) is 24.8 Å². The van der Waals surface area contributed by atoms with E-state index in [1.807, 2.05) is 25.1 Å². The molecule has 3 rings (SSSR count). The maximum absolute atomic E-state index is 13.0. The second-order valence-electron chi connectivity index (χ2n) is 7.92. The molecule has 29 heavy (non-hydrogen) atoms. The molecule has 2 saturated heterocycles. The minimum atomic E-state index is -3.24. The molecule has 1 aromatic carbocycles. The van der Waals surface area contributed by atoms with E-state index in [0.717, 1.165) is 5.56 Å². The number of sulfonamides is 1.